The highest BCUT2D eigenvalue weighted by Crippen LogP contribution is 2.34. The Morgan fingerprint density at radius 3 is 2.28 bits per heavy atom. The normalized spacial score (nSPS) is 23.5. The molecular weight excluding hydrogens is 326 g/mol. The van der Waals surface area contributed by atoms with Gasteiger partial charge in [-0.05, 0) is 37.1 Å². The van der Waals surface area contributed by atoms with Crippen molar-refractivity contribution in [2.75, 3.05) is 32.8 Å². The Hall–Kier alpha value is -1.53. The summed E-state index contributed by atoms with van der Waals surface area (Å²) in [6, 6.07) is 2.53. The van der Waals surface area contributed by atoms with Crippen molar-refractivity contribution in [3.63, 3.8) is 0 Å². The topological polar surface area (TPSA) is 43.8 Å². The lowest BCUT2D eigenvalue weighted by molar-refractivity contribution is 0.0618. The third-order valence-electron chi connectivity index (χ3n) is 5.38. The molecule has 1 aromatic carbocycles. The molecule has 0 bridgehead atoms. The van der Waals surface area contributed by atoms with Crippen molar-refractivity contribution in [1.29, 1.82) is 0 Å². The lowest BCUT2D eigenvalue weighted by Gasteiger charge is -2.31. The van der Waals surface area contributed by atoms with Crippen LogP contribution in [0.15, 0.2) is 18.2 Å². The van der Waals surface area contributed by atoms with Crippen molar-refractivity contribution in [1.82, 2.24) is 9.80 Å². The highest BCUT2D eigenvalue weighted by molar-refractivity contribution is 5.94. The van der Waals surface area contributed by atoms with E-state index in [2.05, 4.69) is 25.7 Å². The average Bonchev–Trinajstić information content (AvgIpc) is 2.95. The lowest BCUT2D eigenvalue weighted by Crippen LogP contribution is -2.43. The third-order valence-corrected chi connectivity index (χ3v) is 5.38. The fraction of sp³-hybridized carbons (Fsp3) is 0.632. The molecule has 0 unspecified atom stereocenters. The fourth-order valence-electron chi connectivity index (χ4n) is 3.86. The van der Waals surface area contributed by atoms with Crippen LogP contribution in [0.25, 0.3) is 0 Å². The first-order valence-corrected chi connectivity index (χ1v) is 9.05. The van der Waals surface area contributed by atoms with Gasteiger partial charge in [0.15, 0.2) is 0 Å². The minimum atomic E-state index is -0.769. The van der Waals surface area contributed by atoms with E-state index in [-0.39, 0.29) is 30.0 Å². The summed E-state index contributed by atoms with van der Waals surface area (Å²) in [5.74, 6) is -1.54. The zero-order valence-electron chi connectivity index (χ0n) is 15.2. The van der Waals surface area contributed by atoms with Crippen LogP contribution in [0.4, 0.5) is 8.78 Å². The Balaban J connectivity index is 2.26. The van der Waals surface area contributed by atoms with Crippen LogP contribution >= 0.6 is 0 Å². The minimum absolute atomic E-state index is 0.00528. The molecule has 0 spiro atoms. The smallest absolute Gasteiger partial charge is 0.254 e. The number of amides is 1. The molecule has 25 heavy (non-hydrogen) atoms. The largest absolute Gasteiger partial charge is 0.394 e. The van der Waals surface area contributed by atoms with Crippen LogP contribution < -0.4 is 0 Å². The van der Waals surface area contributed by atoms with Gasteiger partial charge in [0.25, 0.3) is 5.91 Å². The quantitative estimate of drug-likeness (QED) is 0.819. The molecule has 0 aliphatic carbocycles. The van der Waals surface area contributed by atoms with Gasteiger partial charge in [-0.25, -0.2) is 8.78 Å². The van der Waals surface area contributed by atoms with Gasteiger partial charge in [-0.2, -0.15) is 0 Å². The molecule has 6 heteroatoms. The highest BCUT2D eigenvalue weighted by atomic mass is 19.1. The predicted octanol–water partition coefficient (Wildman–Crippen LogP) is 2.77. The first-order chi connectivity index (χ1) is 11.9. The maximum absolute atomic E-state index is 13.5. The third kappa shape index (κ3) is 4.36. The Bertz CT molecular complexity index is 573. The number of carbonyl (C=O) groups excluding carboxylic acids is 1. The SMILES string of the molecule is CC[C@@H]1CN(C(=O)c2cc(F)cc(F)c2)[C@H](CO)[C@@H]1CN(CC)CC. The molecule has 1 fully saturated rings. The van der Waals surface area contributed by atoms with Crippen molar-refractivity contribution < 1.29 is 18.7 Å². The van der Waals surface area contributed by atoms with E-state index in [4.69, 9.17) is 0 Å². The van der Waals surface area contributed by atoms with Gasteiger partial charge in [0.1, 0.15) is 11.6 Å². The molecule has 2 rings (SSSR count). The summed E-state index contributed by atoms with van der Waals surface area (Å²) < 4.78 is 26.9. The zero-order chi connectivity index (χ0) is 18.6. The van der Waals surface area contributed by atoms with E-state index in [1.54, 1.807) is 4.90 Å². The van der Waals surface area contributed by atoms with Crippen LogP contribution in [0.2, 0.25) is 0 Å². The molecule has 1 heterocycles. The number of nitrogens with zero attached hydrogens (tertiary/aromatic N) is 2. The number of rotatable bonds is 7. The molecule has 1 aliphatic rings. The van der Waals surface area contributed by atoms with Gasteiger partial charge in [-0.3, -0.25) is 4.79 Å². The fourth-order valence-corrected chi connectivity index (χ4v) is 3.86. The van der Waals surface area contributed by atoms with E-state index >= 15 is 0 Å². The van der Waals surface area contributed by atoms with Crippen LogP contribution in [-0.4, -0.2) is 59.6 Å². The molecule has 0 saturated carbocycles. The molecule has 1 amide bonds. The lowest BCUT2D eigenvalue weighted by atomic mass is 9.88. The van der Waals surface area contributed by atoms with Crippen molar-refractivity contribution >= 4 is 5.91 Å². The summed E-state index contributed by atoms with van der Waals surface area (Å²) in [7, 11) is 0. The van der Waals surface area contributed by atoms with Crippen molar-refractivity contribution in [2.24, 2.45) is 11.8 Å². The number of hydrogen-bond donors (Lipinski definition) is 1. The van der Waals surface area contributed by atoms with E-state index in [9.17, 15) is 18.7 Å². The number of benzene rings is 1. The number of hydrogen-bond acceptors (Lipinski definition) is 3. The molecule has 140 valence electrons. The summed E-state index contributed by atoms with van der Waals surface area (Å²) in [6.45, 7) is 9.23. The van der Waals surface area contributed by atoms with Crippen LogP contribution in [0, 0.1) is 23.5 Å². The monoisotopic (exact) mass is 354 g/mol. The number of aliphatic hydroxyl groups is 1. The minimum Gasteiger partial charge on any atom is -0.394 e. The van der Waals surface area contributed by atoms with E-state index < -0.39 is 17.5 Å². The predicted molar refractivity (Wildman–Crippen MR) is 93.3 cm³/mol. The first-order valence-electron chi connectivity index (χ1n) is 9.05. The summed E-state index contributed by atoms with van der Waals surface area (Å²) in [5.41, 5.74) is -0.00528. The number of carbonyl (C=O) groups is 1. The second-order valence-electron chi connectivity index (χ2n) is 6.68. The average molecular weight is 354 g/mol. The second-order valence-corrected chi connectivity index (χ2v) is 6.68. The Morgan fingerprint density at radius 1 is 1.20 bits per heavy atom. The summed E-state index contributed by atoms with van der Waals surface area (Å²) in [4.78, 5) is 16.7. The van der Waals surface area contributed by atoms with E-state index in [1.165, 1.54) is 0 Å². The maximum atomic E-state index is 13.5. The number of halogens is 2. The van der Waals surface area contributed by atoms with Gasteiger partial charge in [0.05, 0.1) is 12.6 Å². The molecule has 0 radical (unpaired) electrons. The first kappa shape index (κ1) is 19.8. The van der Waals surface area contributed by atoms with E-state index in [1.807, 2.05) is 0 Å². The summed E-state index contributed by atoms with van der Waals surface area (Å²) >= 11 is 0. The van der Waals surface area contributed by atoms with Crippen molar-refractivity contribution in [3.05, 3.63) is 35.4 Å². The molecule has 1 N–H and O–H groups in total. The molecule has 1 aliphatic heterocycles. The van der Waals surface area contributed by atoms with Crippen LogP contribution in [0.3, 0.4) is 0 Å². The van der Waals surface area contributed by atoms with E-state index in [0.29, 0.717) is 6.54 Å². The van der Waals surface area contributed by atoms with Crippen LogP contribution in [-0.2, 0) is 0 Å². The molecule has 0 aromatic heterocycles. The van der Waals surface area contributed by atoms with Crippen LogP contribution in [0.5, 0.6) is 0 Å². The summed E-state index contributed by atoms with van der Waals surface area (Å²) in [6.07, 6.45) is 0.893. The number of aliphatic hydroxyl groups excluding tert-OH is 1. The Labute approximate surface area is 148 Å². The van der Waals surface area contributed by atoms with Gasteiger partial charge in [0, 0.05) is 24.7 Å². The highest BCUT2D eigenvalue weighted by Gasteiger charge is 2.43. The van der Waals surface area contributed by atoms with Gasteiger partial charge in [-0.15, -0.1) is 0 Å². The van der Waals surface area contributed by atoms with Gasteiger partial charge >= 0.3 is 0 Å². The number of likely N-dealkylation sites (tertiary alicyclic amines) is 1. The van der Waals surface area contributed by atoms with Gasteiger partial charge in [0.2, 0.25) is 0 Å². The maximum Gasteiger partial charge on any atom is 0.254 e. The Kier molecular flexibility index (Phi) is 6.90. The van der Waals surface area contributed by atoms with E-state index in [0.717, 1.165) is 44.3 Å². The van der Waals surface area contributed by atoms with Crippen molar-refractivity contribution in [3.8, 4) is 0 Å². The summed E-state index contributed by atoms with van der Waals surface area (Å²) in [5, 5.41) is 9.92. The molecule has 1 saturated heterocycles. The molecule has 1 aromatic rings. The second kappa shape index (κ2) is 8.72. The Morgan fingerprint density at radius 2 is 1.80 bits per heavy atom. The molecular formula is C19H28F2N2O2. The standard InChI is InChI=1S/C19H28F2N2O2/c1-4-13-10-23(18(12-24)17(13)11-22(5-2)6-3)19(25)14-7-15(20)9-16(21)8-14/h7-9,13,17-18,24H,4-6,10-12H2,1-3H3/t13-,17-,18-/m1/s1. The zero-order valence-corrected chi connectivity index (χ0v) is 15.2. The van der Waals surface area contributed by atoms with Gasteiger partial charge in [-0.1, -0.05) is 27.2 Å². The molecule has 4 nitrogen and oxygen atoms in total. The van der Waals surface area contributed by atoms with Crippen molar-refractivity contribution in [2.45, 2.75) is 33.2 Å². The van der Waals surface area contributed by atoms with Crippen LogP contribution in [0.1, 0.15) is 37.6 Å². The molecule has 3 atom stereocenters. The van der Waals surface area contributed by atoms with Gasteiger partial charge < -0.3 is 14.9 Å².